The van der Waals surface area contributed by atoms with E-state index in [2.05, 4.69) is 0 Å². The molecule has 0 radical (unpaired) electrons. The molecule has 9 heteroatoms. The number of hydrogen-bond donors (Lipinski definition) is 0. The number of carbonyl (C=O) groups is 1. The second-order valence-electron chi connectivity index (χ2n) is 3.51. The normalized spacial score (nSPS) is 16.7. The first-order chi connectivity index (χ1) is 8.39. The van der Waals surface area contributed by atoms with Crippen molar-refractivity contribution < 1.29 is 18.1 Å². The number of nitro benzene ring substituents is 1. The molecule has 18 heavy (non-hydrogen) atoms. The topological polar surface area (TPSA) is 97.6 Å². The third-order valence-electron chi connectivity index (χ3n) is 2.49. The van der Waals surface area contributed by atoms with Crippen molar-refractivity contribution in [3.05, 3.63) is 33.9 Å². The maximum atomic E-state index is 12.0. The zero-order chi connectivity index (χ0) is 13.5. The molecule has 0 aliphatic carbocycles. The molecule has 0 unspecified atom stereocenters. The van der Waals surface area contributed by atoms with Gasteiger partial charge in [-0.3, -0.25) is 14.9 Å². The SMILES string of the molecule is O=C1c2ccc([N+](=O)[O-])cc2S(=O)(=O)N1CCCl. The zero-order valence-electron chi connectivity index (χ0n) is 8.87. The first-order valence-corrected chi connectivity index (χ1v) is 6.78. The van der Waals surface area contributed by atoms with E-state index in [1.54, 1.807) is 0 Å². The summed E-state index contributed by atoms with van der Waals surface area (Å²) >= 11 is 5.43. The number of nitro groups is 1. The quantitative estimate of drug-likeness (QED) is 0.469. The predicted octanol–water partition coefficient (Wildman–Crippen LogP) is 0.978. The van der Waals surface area contributed by atoms with Crippen LogP contribution in [-0.4, -0.2) is 36.0 Å². The molecule has 2 rings (SSSR count). The molecule has 1 aromatic carbocycles. The highest BCUT2D eigenvalue weighted by molar-refractivity contribution is 7.90. The van der Waals surface area contributed by atoms with E-state index in [1.165, 1.54) is 0 Å². The number of fused-ring (bicyclic) bond motifs is 1. The molecule has 0 atom stereocenters. The summed E-state index contributed by atoms with van der Waals surface area (Å²) in [5.74, 6) is -0.748. The number of rotatable bonds is 3. The molecule has 1 heterocycles. The van der Waals surface area contributed by atoms with Gasteiger partial charge in [-0.1, -0.05) is 0 Å². The molecular weight excluding hydrogens is 284 g/mol. The number of carbonyl (C=O) groups excluding carboxylic acids is 1. The molecule has 1 amide bonds. The summed E-state index contributed by atoms with van der Waals surface area (Å²) in [5, 5.41) is 10.6. The maximum Gasteiger partial charge on any atom is 0.270 e. The summed E-state index contributed by atoms with van der Waals surface area (Å²) in [6.07, 6.45) is 0. The molecule has 1 aliphatic heterocycles. The van der Waals surface area contributed by atoms with Crippen LogP contribution in [0.3, 0.4) is 0 Å². The van der Waals surface area contributed by atoms with Gasteiger partial charge in [0.25, 0.3) is 21.6 Å². The Bertz CT molecular complexity index is 642. The highest BCUT2D eigenvalue weighted by Crippen LogP contribution is 2.32. The van der Waals surface area contributed by atoms with E-state index in [0.717, 1.165) is 18.2 Å². The third kappa shape index (κ3) is 1.73. The van der Waals surface area contributed by atoms with Gasteiger partial charge in [0, 0.05) is 18.0 Å². The zero-order valence-corrected chi connectivity index (χ0v) is 10.4. The molecule has 0 spiro atoms. The number of halogens is 1. The van der Waals surface area contributed by atoms with E-state index in [9.17, 15) is 23.3 Å². The molecule has 1 aliphatic rings. The first kappa shape index (κ1) is 12.8. The number of sulfonamides is 1. The average molecular weight is 291 g/mol. The van der Waals surface area contributed by atoms with Gasteiger partial charge in [0.2, 0.25) is 0 Å². The van der Waals surface area contributed by atoms with Crippen LogP contribution in [0.15, 0.2) is 23.1 Å². The van der Waals surface area contributed by atoms with Crippen molar-refractivity contribution in [3.8, 4) is 0 Å². The Kier molecular flexibility index (Phi) is 2.99. The van der Waals surface area contributed by atoms with E-state index < -0.39 is 20.9 Å². The molecule has 0 aromatic heterocycles. The lowest BCUT2D eigenvalue weighted by Crippen LogP contribution is -2.31. The molecule has 0 bridgehead atoms. The Hall–Kier alpha value is -1.67. The van der Waals surface area contributed by atoms with E-state index in [-0.39, 0.29) is 28.6 Å². The standard InChI is InChI=1S/C9H7ClN2O5S/c10-3-4-11-9(13)7-2-1-6(12(14)15)5-8(7)18(11,16)17/h1-2,5H,3-4H2. The lowest BCUT2D eigenvalue weighted by molar-refractivity contribution is -0.385. The van der Waals surface area contributed by atoms with Crippen molar-refractivity contribution in [2.24, 2.45) is 0 Å². The Morgan fingerprint density at radius 1 is 1.39 bits per heavy atom. The van der Waals surface area contributed by atoms with Gasteiger partial charge in [-0.25, -0.2) is 12.7 Å². The Morgan fingerprint density at radius 2 is 2.06 bits per heavy atom. The van der Waals surface area contributed by atoms with Gasteiger partial charge in [0.05, 0.1) is 17.0 Å². The Morgan fingerprint density at radius 3 is 2.61 bits per heavy atom. The van der Waals surface area contributed by atoms with Gasteiger partial charge >= 0.3 is 0 Å². The maximum absolute atomic E-state index is 12.0. The van der Waals surface area contributed by atoms with Gasteiger partial charge < -0.3 is 0 Å². The van der Waals surface area contributed by atoms with E-state index in [0.29, 0.717) is 4.31 Å². The van der Waals surface area contributed by atoms with Crippen molar-refractivity contribution in [3.63, 3.8) is 0 Å². The second kappa shape index (κ2) is 4.21. The monoisotopic (exact) mass is 290 g/mol. The van der Waals surface area contributed by atoms with Gasteiger partial charge in [-0.2, -0.15) is 0 Å². The average Bonchev–Trinajstić information content (AvgIpc) is 2.51. The number of non-ortho nitro benzene ring substituents is 1. The summed E-state index contributed by atoms with van der Waals surface area (Å²) < 4.78 is 24.6. The van der Waals surface area contributed by atoms with Crippen LogP contribution in [0.25, 0.3) is 0 Å². The molecule has 0 saturated heterocycles. The third-order valence-corrected chi connectivity index (χ3v) is 4.48. The fraction of sp³-hybridized carbons (Fsp3) is 0.222. The van der Waals surface area contributed by atoms with Crippen LogP contribution >= 0.6 is 11.6 Å². The van der Waals surface area contributed by atoms with Crippen molar-refractivity contribution >= 4 is 33.2 Å². The molecule has 7 nitrogen and oxygen atoms in total. The smallest absolute Gasteiger partial charge is 0.268 e. The summed E-state index contributed by atoms with van der Waals surface area (Å²) in [6, 6.07) is 3.12. The number of benzene rings is 1. The number of hydrogen-bond acceptors (Lipinski definition) is 5. The van der Waals surface area contributed by atoms with Crippen molar-refractivity contribution in [2.45, 2.75) is 4.90 Å². The van der Waals surface area contributed by atoms with Gasteiger partial charge in [0.15, 0.2) is 0 Å². The largest absolute Gasteiger partial charge is 0.270 e. The molecular formula is C9H7ClN2O5S. The highest BCUT2D eigenvalue weighted by Gasteiger charge is 2.41. The molecule has 0 N–H and O–H groups in total. The van der Waals surface area contributed by atoms with Crippen LogP contribution in [0.2, 0.25) is 0 Å². The molecule has 96 valence electrons. The van der Waals surface area contributed by atoms with Crippen LogP contribution in [-0.2, 0) is 10.0 Å². The van der Waals surface area contributed by atoms with Crippen molar-refractivity contribution in [1.82, 2.24) is 4.31 Å². The van der Waals surface area contributed by atoms with E-state index in [1.807, 2.05) is 0 Å². The Balaban J connectivity index is 2.62. The van der Waals surface area contributed by atoms with Crippen molar-refractivity contribution in [1.29, 1.82) is 0 Å². The van der Waals surface area contributed by atoms with Crippen molar-refractivity contribution in [2.75, 3.05) is 12.4 Å². The minimum absolute atomic E-state index is 0.0406. The molecule has 0 saturated carbocycles. The number of alkyl halides is 1. The number of nitrogens with zero attached hydrogens (tertiary/aromatic N) is 2. The first-order valence-electron chi connectivity index (χ1n) is 4.81. The molecule has 1 aromatic rings. The highest BCUT2D eigenvalue weighted by atomic mass is 35.5. The van der Waals surface area contributed by atoms with Gasteiger partial charge in [-0.05, 0) is 6.07 Å². The fourth-order valence-electron chi connectivity index (χ4n) is 1.68. The van der Waals surface area contributed by atoms with Gasteiger partial charge in [-0.15, -0.1) is 11.6 Å². The summed E-state index contributed by atoms with van der Waals surface area (Å²) in [4.78, 5) is 21.3. The lowest BCUT2D eigenvalue weighted by atomic mass is 10.2. The summed E-state index contributed by atoms with van der Waals surface area (Å²) in [5.41, 5.74) is -0.441. The molecule has 0 fully saturated rings. The summed E-state index contributed by atoms with van der Waals surface area (Å²) in [7, 11) is -4.02. The van der Waals surface area contributed by atoms with Crippen LogP contribution in [0.4, 0.5) is 5.69 Å². The second-order valence-corrected chi connectivity index (χ2v) is 5.72. The Labute approximate surface area is 107 Å². The van der Waals surface area contributed by atoms with E-state index >= 15 is 0 Å². The van der Waals surface area contributed by atoms with Crippen LogP contribution in [0.5, 0.6) is 0 Å². The lowest BCUT2D eigenvalue weighted by Gasteiger charge is -2.12. The summed E-state index contributed by atoms with van der Waals surface area (Å²) in [6.45, 7) is -0.162. The van der Waals surface area contributed by atoms with E-state index in [4.69, 9.17) is 11.6 Å². The van der Waals surface area contributed by atoms with Crippen LogP contribution < -0.4 is 0 Å². The van der Waals surface area contributed by atoms with Crippen LogP contribution in [0, 0.1) is 10.1 Å². The number of amides is 1. The predicted molar refractivity (Wildman–Crippen MR) is 62.0 cm³/mol. The minimum atomic E-state index is -4.02. The van der Waals surface area contributed by atoms with Crippen LogP contribution in [0.1, 0.15) is 10.4 Å². The van der Waals surface area contributed by atoms with Gasteiger partial charge in [0.1, 0.15) is 4.90 Å². The fourth-order valence-corrected chi connectivity index (χ4v) is 3.53. The minimum Gasteiger partial charge on any atom is -0.268 e.